The van der Waals surface area contributed by atoms with Gasteiger partial charge in [-0.25, -0.2) is 4.98 Å². The Balaban J connectivity index is 1.49. The fraction of sp³-hybridized carbons (Fsp3) is 0.500. The Bertz CT molecular complexity index is 716. The van der Waals surface area contributed by atoms with Gasteiger partial charge in [0.1, 0.15) is 11.6 Å². The minimum Gasteiger partial charge on any atom is -0.497 e. The molecule has 140 valence electrons. The van der Waals surface area contributed by atoms with Crippen LogP contribution >= 0.6 is 0 Å². The van der Waals surface area contributed by atoms with Crippen molar-refractivity contribution in [3.63, 3.8) is 0 Å². The van der Waals surface area contributed by atoms with Crippen molar-refractivity contribution in [3.05, 3.63) is 48.0 Å². The largest absolute Gasteiger partial charge is 0.497 e. The molecule has 1 saturated heterocycles. The van der Waals surface area contributed by atoms with E-state index in [1.807, 2.05) is 35.4 Å². The number of amides is 1. The molecule has 2 aromatic rings. The number of piperazine rings is 1. The van der Waals surface area contributed by atoms with Crippen LogP contribution in [0.25, 0.3) is 0 Å². The molecule has 1 aliphatic heterocycles. The van der Waals surface area contributed by atoms with Crippen LogP contribution in [0.5, 0.6) is 5.75 Å². The molecular formula is C20H28N4O2. The zero-order chi connectivity index (χ0) is 18.5. The smallest absolute Gasteiger partial charge is 0.253 e. The first-order chi connectivity index (χ1) is 12.6. The second-order valence-electron chi connectivity index (χ2n) is 7.00. The lowest BCUT2D eigenvalue weighted by molar-refractivity contribution is 0.0633. The highest BCUT2D eigenvalue weighted by Gasteiger charge is 2.22. The van der Waals surface area contributed by atoms with Crippen LogP contribution in [0.4, 0.5) is 0 Å². The lowest BCUT2D eigenvalue weighted by Gasteiger charge is -2.35. The van der Waals surface area contributed by atoms with Crippen LogP contribution in [0.1, 0.15) is 35.9 Å². The number of benzene rings is 1. The third kappa shape index (κ3) is 4.25. The van der Waals surface area contributed by atoms with E-state index >= 15 is 0 Å². The molecule has 0 atom stereocenters. The van der Waals surface area contributed by atoms with Crippen LogP contribution in [0.3, 0.4) is 0 Å². The number of imidazole rings is 1. The van der Waals surface area contributed by atoms with Gasteiger partial charge in [-0.1, -0.05) is 13.8 Å². The van der Waals surface area contributed by atoms with Gasteiger partial charge in [-0.15, -0.1) is 0 Å². The summed E-state index contributed by atoms with van der Waals surface area (Å²) < 4.78 is 7.39. The minimum absolute atomic E-state index is 0.101. The molecule has 0 spiro atoms. The Kier molecular flexibility index (Phi) is 5.93. The van der Waals surface area contributed by atoms with E-state index < -0.39 is 0 Å². The number of ether oxygens (including phenoxy) is 1. The standard InChI is InChI=1S/C20H28N4O2/c1-16(2)19-21-8-9-23(19)13-10-22-11-14-24(15-12-22)20(25)17-4-6-18(26-3)7-5-17/h4-9,16H,10-15H2,1-3H3. The van der Waals surface area contributed by atoms with E-state index in [1.54, 1.807) is 7.11 Å². The fourth-order valence-corrected chi connectivity index (χ4v) is 3.35. The van der Waals surface area contributed by atoms with Crippen LogP contribution in [0.2, 0.25) is 0 Å². The molecule has 2 heterocycles. The third-order valence-electron chi connectivity index (χ3n) is 4.92. The first kappa shape index (κ1) is 18.5. The van der Waals surface area contributed by atoms with E-state index in [1.165, 1.54) is 0 Å². The molecular weight excluding hydrogens is 328 g/mol. The monoisotopic (exact) mass is 356 g/mol. The van der Waals surface area contributed by atoms with E-state index in [4.69, 9.17) is 4.74 Å². The molecule has 6 heteroatoms. The van der Waals surface area contributed by atoms with Crippen LogP contribution < -0.4 is 4.74 Å². The number of hydrogen-bond donors (Lipinski definition) is 0. The molecule has 6 nitrogen and oxygen atoms in total. The Morgan fingerprint density at radius 2 is 1.81 bits per heavy atom. The molecule has 0 radical (unpaired) electrons. The Morgan fingerprint density at radius 1 is 1.12 bits per heavy atom. The van der Waals surface area contributed by atoms with Crippen LogP contribution in [-0.4, -0.2) is 65.1 Å². The molecule has 0 aliphatic carbocycles. The first-order valence-corrected chi connectivity index (χ1v) is 9.25. The van der Waals surface area contributed by atoms with Crippen molar-refractivity contribution < 1.29 is 9.53 Å². The van der Waals surface area contributed by atoms with Crippen molar-refractivity contribution in [2.45, 2.75) is 26.3 Å². The molecule has 0 unspecified atom stereocenters. The van der Waals surface area contributed by atoms with E-state index in [9.17, 15) is 4.79 Å². The minimum atomic E-state index is 0.101. The molecule has 1 amide bonds. The number of rotatable bonds is 6. The lowest BCUT2D eigenvalue weighted by Crippen LogP contribution is -2.49. The maximum absolute atomic E-state index is 12.6. The highest BCUT2D eigenvalue weighted by atomic mass is 16.5. The summed E-state index contributed by atoms with van der Waals surface area (Å²) >= 11 is 0. The quantitative estimate of drug-likeness (QED) is 0.798. The van der Waals surface area contributed by atoms with Crippen molar-refractivity contribution >= 4 is 5.91 Å². The van der Waals surface area contributed by atoms with Gasteiger partial charge in [0.05, 0.1) is 7.11 Å². The van der Waals surface area contributed by atoms with Crippen LogP contribution in [-0.2, 0) is 6.54 Å². The van der Waals surface area contributed by atoms with E-state index in [0.717, 1.165) is 56.4 Å². The van der Waals surface area contributed by atoms with Gasteiger partial charge in [-0.2, -0.15) is 0 Å². The van der Waals surface area contributed by atoms with Gasteiger partial charge in [-0.05, 0) is 24.3 Å². The number of carbonyl (C=O) groups is 1. The van der Waals surface area contributed by atoms with Gasteiger partial charge in [0.15, 0.2) is 0 Å². The van der Waals surface area contributed by atoms with Crippen LogP contribution in [0, 0.1) is 0 Å². The Labute approximate surface area is 155 Å². The summed E-state index contributed by atoms with van der Waals surface area (Å²) in [6.45, 7) is 9.63. The van der Waals surface area contributed by atoms with Crippen molar-refractivity contribution in [2.24, 2.45) is 0 Å². The van der Waals surface area contributed by atoms with Gasteiger partial charge in [0.25, 0.3) is 5.91 Å². The molecule has 0 saturated carbocycles. The first-order valence-electron chi connectivity index (χ1n) is 9.25. The summed E-state index contributed by atoms with van der Waals surface area (Å²) in [5, 5.41) is 0. The Morgan fingerprint density at radius 3 is 2.42 bits per heavy atom. The second-order valence-corrected chi connectivity index (χ2v) is 7.00. The maximum Gasteiger partial charge on any atom is 0.253 e. The van der Waals surface area contributed by atoms with Gasteiger partial charge < -0.3 is 14.2 Å². The highest BCUT2D eigenvalue weighted by molar-refractivity contribution is 5.94. The predicted molar refractivity (Wildman–Crippen MR) is 102 cm³/mol. The lowest BCUT2D eigenvalue weighted by atomic mass is 10.1. The Hall–Kier alpha value is -2.34. The molecule has 1 aromatic heterocycles. The topological polar surface area (TPSA) is 50.6 Å². The van der Waals surface area contributed by atoms with Crippen molar-refractivity contribution in [3.8, 4) is 5.75 Å². The van der Waals surface area contributed by atoms with Gasteiger partial charge in [-0.3, -0.25) is 9.69 Å². The zero-order valence-corrected chi connectivity index (χ0v) is 15.9. The summed E-state index contributed by atoms with van der Waals surface area (Å²) in [5.41, 5.74) is 0.722. The second kappa shape index (κ2) is 8.36. The molecule has 1 fully saturated rings. The maximum atomic E-state index is 12.6. The summed E-state index contributed by atoms with van der Waals surface area (Å²) in [7, 11) is 1.63. The average Bonchev–Trinajstić information content (AvgIpc) is 3.15. The van der Waals surface area contributed by atoms with Crippen molar-refractivity contribution in [1.29, 1.82) is 0 Å². The number of hydrogen-bond acceptors (Lipinski definition) is 4. The van der Waals surface area contributed by atoms with E-state index in [2.05, 4.69) is 34.5 Å². The number of carbonyl (C=O) groups excluding carboxylic acids is 1. The van der Waals surface area contributed by atoms with E-state index in [-0.39, 0.29) is 5.91 Å². The van der Waals surface area contributed by atoms with Crippen molar-refractivity contribution in [2.75, 3.05) is 39.8 Å². The molecule has 26 heavy (non-hydrogen) atoms. The van der Waals surface area contributed by atoms with E-state index in [0.29, 0.717) is 5.92 Å². The average molecular weight is 356 g/mol. The number of nitrogens with zero attached hydrogens (tertiary/aromatic N) is 4. The molecule has 0 bridgehead atoms. The summed E-state index contributed by atoms with van der Waals surface area (Å²) in [6.07, 6.45) is 3.93. The summed E-state index contributed by atoms with van der Waals surface area (Å²) in [5.74, 6) is 2.44. The highest BCUT2D eigenvalue weighted by Crippen LogP contribution is 2.15. The molecule has 1 aliphatic rings. The molecule has 3 rings (SSSR count). The van der Waals surface area contributed by atoms with Gasteiger partial charge in [0.2, 0.25) is 0 Å². The predicted octanol–water partition coefficient (Wildman–Crippen LogP) is 2.47. The van der Waals surface area contributed by atoms with Crippen LogP contribution in [0.15, 0.2) is 36.7 Å². The zero-order valence-electron chi connectivity index (χ0n) is 15.9. The summed E-state index contributed by atoms with van der Waals surface area (Å²) in [4.78, 5) is 21.4. The fourth-order valence-electron chi connectivity index (χ4n) is 3.35. The third-order valence-corrected chi connectivity index (χ3v) is 4.92. The molecule has 0 N–H and O–H groups in total. The molecule has 1 aromatic carbocycles. The SMILES string of the molecule is COc1ccc(C(=O)N2CCN(CCn3ccnc3C(C)C)CC2)cc1. The number of methoxy groups -OCH3 is 1. The van der Waals surface area contributed by atoms with Gasteiger partial charge in [0, 0.05) is 63.1 Å². The normalized spacial score (nSPS) is 15.5. The summed E-state index contributed by atoms with van der Waals surface area (Å²) in [6, 6.07) is 7.34. The van der Waals surface area contributed by atoms with Gasteiger partial charge >= 0.3 is 0 Å². The van der Waals surface area contributed by atoms with Crippen molar-refractivity contribution in [1.82, 2.24) is 19.4 Å². The number of aromatic nitrogens is 2.